The van der Waals surface area contributed by atoms with Gasteiger partial charge in [-0.3, -0.25) is 10.1 Å². The lowest BCUT2D eigenvalue weighted by Crippen LogP contribution is -2.46. The normalized spacial score (nSPS) is 23.7. The molecule has 1 heterocycles. The van der Waals surface area contributed by atoms with Crippen molar-refractivity contribution in [3.63, 3.8) is 0 Å². The van der Waals surface area contributed by atoms with Gasteiger partial charge < -0.3 is 4.90 Å². The molecule has 2 atom stereocenters. The van der Waals surface area contributed by atoms with Crippen LogP contribution in [-0.4, -0.2) is 40.6 Å². The van der Waals surface area contributed by atoms with Gasteiger partial charge in [0.2, 0.25) is 5.91 Å². The molecule has 124 valence electrons. The monoisotopic (exact) mass is 314 g/mol. The number of hydrogen-bond acceptors (Lipinski definition) is 3. The number of hydrogen-bond donors (Lipinski definition) is 1. The van der Waals surface area contributed by atoms with Crippen LogP contribution in [0.3, 0.4) is 0 Å². The van der Waals surface area contributed by atoms with Gasteiger partial charge in [-0.2, -0.15) is 11.8 Å². The first-order valence-corrected chi connectivity index (χ1v) is 9.64. The Labute approximate surface area is 135 Å². The topological polar surface area (TPSA) is 32.3 Å². The molecule has 0 aromatic heterocycles. The van der Waals surface area contributed by atoms with Gasteiger partial charge in [-0.15, -0.1) is 0 Å². The van der Waals surface area contributed by atoms with Crippen LogP contribution in [0.4, 0.5) is 0 Å². The number of nitrogens with one attached hydrogen (secondary N) is 1. The van der Waals surface area contributed by atoms with Gasteiger partial charge in [0.25, 0.3) is 0 Å². The molecule has 0 radical (unpaired) electrons. The molecule has 0 saturated carbocycles. The highest BCUT2D eigenvalue weighted by Gasteiger charge is 2.43. The highest BCUT2D eigenvalue weighted by Crippen LogP contribution is 2.34. The fraction of sp³-hybridized carbons (Fsp3) is 0.941. The Bertz CT molecular complexity index is 331. The molecule has 1 N–H and O–H groups in total. The number of nitrogens with zero attached hydrogens (tertiary/aromatic N) is 1. The van der Waals surface area contributed by atoms with E-state index in [0.717, 1.165) is 25.8 Å². The van der Waals surface area contributed by atoms with Crippen LogP contribution in [0, 0.1) is 11.8 Å². The summed E-state index contributed by atoms with van der Waals surface area (Å²) >= 11 is 1.92. The molecule has 2 unspecified atom stereocenters. The predicted molar refractivity (Wildman–Crippen MR) is 93.5 cm³/mol. The van der Waals surface area contributed by atoms with Crippen LogP contribution >= 0.6 is 11.8 Å². The zero-order chi connectivity index (χ0) is 16.2. The van der Waals surface area contributed by atoms with Gasteiger partial charge in [-0.25, -0.2) is 0 Å². The van der Waals surface area contributed by atoms with Gasteiger partial charge in [-0.1, -0.05) is 41.5 Å². The summed E-state index contributed by atoms with van der Waals surface area (Å²) in [7, 11) is 0. The molecule has 0 bridgehead atoms. The van der Waals surface area contributed by atoms with E-state index in [0.29, 0.717) is 17.7 Å². The van der Waals surface area contributed by atoms with Crippen molar-refractivity contribution in [1.82, 2.24) is 10.2 Å². The smallest absolute Gasteiger partial charge is 0.241 e. The molecule has 0 aliphatic carbocycles. The maximum atomic E-state index is 12.8. The fourth-order valence-corrected chi connectivity index (χ4v) is 3.99. The molecule has 1 fully saturated rings. The first-order valence-electron chi connectivity index (χ1n) is 8.41. The van der Waals surface area contributed by atoms with E-state index in [1.807, 2.05) is 11.8 Å². The average molecular weight is 315 g/mol. The molecular weight excluding hydrogens is 280 g/mol. The molecule has 1 amide bonds. The minimum absolute atomic E-state index is 0.0120. The summed E-state index contributed by atoms with van der Waals surface area (Å²) in [6, 6.07) is -0.0120. The molecule has 3 nitrogen and oxygen atoms in total. The van der Waals surface area contributed by atoms with E-state index >= 15 is 0 Å². The Hall–Kier alpha value is -0.220. The van der Waals surface area contributed by atoms with Gasteiger partial charge in [0.05, 0.1) is 12.2 Å². The quantitative estimate of drug-likeness (QED) is 0.741. The number of carbonyl (C=O) groups excluding carboxylic acids is 1. The molecule has 21 heavy (non-hydrogen) atoms. The summed E-state index contributed by atoms with van der Waals surface area (Å²) in [6.07, 6.45) is 5.63. The van der Waals surface area contributed by atoms with Crippen LogP contribution < -0.4 is 5.32 Å². The lowest BCUT2D eigenvalue weighted by molar-refractivity contribution is -0.131. The van der Waals surface area contributed by atoms with E-state index in [1.54, 1.807) is 0 Å². The predicted octanol–water partition coefficient (Wildman–Crippen LogP) is 3.74. The van der Waals surface area contributed by atoms with Crippen molar-refractivity contribution >= 4 is 17.7 Å². The first-order chi connectivity index (χ1) is 9.80. The second-order valence-corrected chi connectivity index (χ2v) is 8.37. The first kappa shape index (κ1) is 18.8. The summed E-state index contributed by atoms with van der Waals surface area (Å²) in [5.41, 5.74) is 0. The van der Waals surface area contributed by atoms with E-state index in [4.69, 9.17) is 0 Å². The van der Waals surface area contributed by atoms with Gasteiger partial charge in [0.1, 0.15) is 0 Å². The fourth-order valence-electron chi connectivity index (χ4n) is 3.15. The SMILES string of the molecule is CCC(CC)(CN1C(=O)C(C(C)C)NC1CC(C)C)SC. The Balaban J connectivity index is 2.95. The summed E-state index contributed by atoms with van der Waals surface area (Å²) in [4.78, 5) is 15.0. The Morgan fingerprint density at radius 3 is 2.19 bits per heavy atom. The van der Waals surface area contributed by atoms with E-state index < -0.39 is 0 Å². The second-order valence-electron chi connectivity index (χ2n) is 7.09. The third kappa shape index (κ3) is 4.38. The summed E-state index contributed by atoms with van der Waals surface area (Å²) in [5.74, 6) is 1.25. The number of amides is 1. The zero-order valence-corrected chi connectivity index (χ0v) is 15.7. The summed E-state index contributed by atoms with van der Waals surface area (Å²) < 4.78 is 0.193. The second kappa shape index (κ2) is 7.87. The van der Waals surface area contributed by atoms with Gasteiger partial charge in [-0.05, 0) is 37.4 Å². The molecule has 1 saturated heterocycles. The van der Waals surface area contributed by atoms with Crippen LogP contribution in [0.15, 0.2) is 0 Å². The van der Waals surface area contributed by atoms with Gasteiger partial charge in [0, 0.05) is 11.3 Å². The lowest BCUT2D eigenvalue weighted by Gasteiger charge is -2.37. The van der Waals surface area contributed by atoms with Crippen molar-refractivity contribution in [2.24, 2.45) is 11.8 Å². The van der Waals surface area contributed by atoms with E-state index in [-0.39, 0.29) is 17.0 Å². The van der Waals surface area contributed by atoms with Crippen LogP contribution in [0.2, 0.25) is 0 Å². The Morgan fingerprint density at radius 1 is 1.24 bits per heavy atom. The lowest BCUT2D eigenvalue weighted by atomic mass is 10.00. The van der Waals surface area contributed by atoms with E-state index in [9.17, 15) is 4.79 Å². The minimum atomic E-state index is -0.0120. The number of rotatable bonds is 8. The maximum Gasteiger partial charge on any atom is 0.241 e. The standard InChI is InChI=1S/C17H34N2OS/c1-8-17(9-2,21-7)11-19-14(10-12(3)4)18-15(13(5)6)16(19)20/h12-15,18H,8-11H2,1-7H3. The van der Waals surface area contributed by atoms with Crippen molar-refractivity contribution < 1.29 is 4.79 Å². The third-order valence-corrected chi connectivity index (χ3v) is 6.41. The zero-order valence-electron chi connectivity index (χ0n) is 14.9. The van der Waals surface area contributed by atoms with Crippen molar-refractivity contribution in [1.29, 1.82) is 0 Å². The van der Waals surface area contributed by atoms with Gasteiger partial charge in [0.15, 0.2) is 0 Å². The van der Waals surface area contributed by atoms with Crippen LogP contribution in [0.1, 0.15) is 60.8 Å². The summed E-state index contributed by atoms with van der Waals surface area (Å²) in [6.45, 7) is 14.1. The summed E-state index contributed by atoms with van der Waals surface area (Å²) in [5, 5.41) is 3.58. The van der Waals surface area contributed by atoms with Crippen molar-refractivity contribution in [2.45, 2.75) is 77.8 Å². The minimum Gasteiger partial charge on any atom is -0.324 e. The van der Waals surface area contributed by atoms with Gasteiger partial charge >= 0.3 is 0 Å². The van der Waals surface area contributed by atoms with Crippen LogP contribution in [-0.2, 0) is 4.79 Å². The molecule has 0 aromatic rings. The largest absolute Gasteiger partial charge is 0.324 e. The molecule has 1 aliphatic heterocycles. The molecule has 0 aromatic carbocycles. The maximum absolute atomic E-state index is 12.8. The highest BCUT2D eigenvalue weighted by atomic mass is 32.2. The Kier molecular flexibility index (Phi) is 7.05. The average Bonchev–Trinajstić information content (AvgIpc) is 2.73. The van der Waals surface area contributed by atoms with Crippen molar-refractivity contribution in [3.05, 3.63) is 0 Å². The molecule has 1 rings (SSSR count). The highest BCUT2D eigenvalue weighted by molar-refractivity contribution is 8.00. The molecule has 4 heteroatoms. The van der Waals surface area contributed by atoms with Crippen molar-refractivity contribution in [2.75, 3.05) is 12.8 Å². The molecule has 1 aliphatic rings. The third-order valence-electron chi connectivity index (χ3n) is 4.84. The molecule has 0 spiro atoms. The van der Waals surface area contributed by atoms with E-state index in [1.165, 1.54) is 0 Å². The molecular formula is C17H34N2OS. The van der Waals surface area contributed by atoms with Crippen LogP contribution in [0.5, 0.6) is 0 Å². The Morgan fingerprint density at radius 2 is 1.81 bits per heavy atom. The van der Waals surface area contributed by atoms with Crippen molar-refractivity contribution in [3.8, 4) is 0 Å². The van der Waals surface area contributed by atoms with E-state index in [2.05, 4.69) is 58.0 Å². The number of thioether (sulfide) groups is 1. The van der Waals surface area contributed by atoms with Crippen LogP contribution in [0.25, 0.3) is 0 Å². The number of carbonyl (C=O) groups is 1.